The van der Waals surface area contributed by atoms with Crippen LogP contribution in [0.25, 0.3) is 0 Å². The molecule has 0 amide bonds. The Hall–Kier alpha value is -2.47. The molecule has 0 atom stereocenters. The summed E-state index contributed by atoms with van der Waals surface area (Å²) in [4.78, 5) is 0. The minimum Gasteiger partial charge on any atom is -0.497 e. The van der Waals surface area contributed by atoms with Crippen LogP contribution < -0.4 is 9.47 Å². The first-order valence-electron chi connectivity index (χ1n) is 5.55. The summed E-state index contributed by atoms with van der Waals surface area (Å²) in [5.74, 6) is 2.16. The maximum Gasteiger partial charge on any atom is 0.131 e. The molecule has 3 nitrogen and oxygen atoms in total. The molecular formula is C15H13NO2. The van der Waals surface area contributed by atoms with Crippen molar-refractivity contribution in [2.45, 2.75) is 6.92 Å². The number of hydrogen-bond donors (Lipinski definition) is 0. The van der Waals surface area contributed by atoms with Crippen molar-refractivity contribution in [1.29, 1.82) is 5.26 Å². The Labute approximate surface area is 106 Å². The number of ether oxygens (including phenoxy) is 2. The molecule has 0 aromatic heterocycles. The lowest BCUT2D eigenvalue weighted by atomic mass is 10.1. The normalized spacial score (nSPS) is 9.61. The largest absolute Gasteiger partial charge is 0.497 e. The molecule has 0 aliphatic carbocycles. The first kappa shape index (κ1) is 12.0. The molecule has 0 N–H and O–H groups in total. The lowest BCUT2D eigenvalue weighted by Crippen LogP contribution is -1.88. The van der Waals surface area contributed by atoms with E-state index >= 15 is 0 Å². The minimum absolute atomic E-state index is 0.660. The van der Waals surface area contributed by atoms with Crippen LogP contribution in [0.4, 0.5) is 0 Å². The van der Waals surface area contributed by atoms with Crippen molar-refractivity contribution in [3.05, 3.63) is 53.6 Å². The Morgan fingerprint density at radius 2 is 1.72 bits per heavy atom. The third kappa shape index (κ3) is 2.61. The van der Waals surface area contributed by atoms with E-state index < -0.39 is 0 Å². The second-order valence-electron chi connectivity index (χ2n) is 3.87. The van der Waals surface area contributed by atoms with Gasteiger partial charge in [-0.1, -0.05) is 6.07 Å². The van der Waals surface area contributed by atoms with Crippen molar-refractivity contribution in [2.75, 3.05) is 7.11 Å². The number of rotatable bonds is 3. The number of benzene rings is 2. The Kier molecular flexibility index (Phi) is 3.49. The molecule has 2 aromatic carbocycles. The lowest BCUT2D eigenvalue weighted by Gasteiger charge is -2.08. The molecule has 0 spiro atoms. The van der Waals surface area contributed by atoms with E-state index in [9.17, 15) is 0 Å². The zero-order valence-corrected chi connectivity index (χ0v) is 10.3. The summed E-state index contributed by atoms with van der Waals surface area (Å²) in [6.07, 6.45) is 0. The van der Waals surface area contributed by atoms with Crippen LogP contribution in [0, 0.1) is 18.3 Å². The zero-order valence-electron chi connectivity index (χ0n) is 10.3. The zero-order chi connectivity index (χ0) is 13.0. The number of methoxy groups -OCH3 is 1. The van der Waals surface area contributed by atoms with Gasteiger partial charge in [0.15, 0.2) is 0 Å². The molecular weight excluding hydrogens is 226 g/mol. The second-order valence-corrected chi connectivity index (χ2v) is 3.87. The van der Waals surface area contributed by atoms with E-state index in [1.807, 2.05) is 37.3 Å². The average Bonchev–Trinajstić information content (AvgIpc) is 2.39. The highest BCUT2D eigenvalue weighted by molar-refractivity contribution is 5.44. The smallest absolute Gasteiger partial charge is 0.131 e. The molecule has 0 saturated heterocycles. The van der Waals surface area contributed by atoms with E-state index in [1.165, 1.54) is 0 Å². The fourth-order valence-corrected chi connectivity index (χ4v) is 1.63. The summed E-state index contributed by atoms with van der Waals surface area (Å²) >= 11 is 0. The van der Waals surface area contributed by atoms with Gasteiger partial charge in [0.05, 0.1) is 18.7 Å². The van der Waals surface area contributed by atoms with E-state index in [2.05, 4.69) is 6.07 Å². The number of hydrogen-bond acceptors (Lipinski definition) is 3. The summed E-state index contributed by atoms with van der Waals surface area (Å²) in [5, 5.41) is 8.86. The maximum atomic E-state index is 8.86. The Balaban J connectivity index is 2.23. The van der Waals surface area contributed by atoms with Crippen molar-refractivity contribution in [3.8, 4) is 23.3 Å². The third-order valence-corrected chi connectivity index (χ3v) is 2.60. The fourth-order valence-electron chi connectivity index (χ4n) is 1.63. The van der Waals surface area contributed by atoms with Crippen molar-refractivity contribution in [3.63, 3.8) is 0 Å². The van der Waals surface area contributed by atoms with Gasteiger partial charge in [-0.3, -0.25) is 0 Å². The molecule has 0 heterocycles. The average molecular weight is 239 g/mol. The topological polar surface area (TPSA) is 42.2 Å². The molecule has 0 aliphatic heterocycles. The fraction of sp³-hybridized carbons (Fsp3) is 0.133. The van der Waals surface area contributed by atoms with E-state index in [4.69, 9.17) is 14.7 Å². The highest BCUT2D eigenvalue weighted by atomic mass is 16.5. The van der Waals surface area contributed by atoms with Crippen LogP contribution in [0.1, 0.15) is 11.1 Å². The Bertz CT molecular complexity index is 600. The molecule has 90 valence electrons. The number of nitrogens with zero attached hydrogens (tertiary/aromatic N) is 1. The van der Waals surface area contributed by atoms with Crippen LogP contribution in [0.5, 0.6) is 17.2 Å². The van der Waals surface area contributed by atoms with E-state index in [0.29, 0.717) is 17.1 Å². The molecule has 0 aliphatic rings. The van der Waals surface area contributed by atoms with Gasteiger partial charge < -0.3 is 9.47 Å². The van der Waals surface area contributed by atoms with Crippen LogP contribution >= 0.6 is 0 Å². The lowest BCUT2D eigenvalue weighted by molar-refractivity contribution is 0.409. The summed E-state index contributed by atoms with van der Waals surface area (Å²) in [5.41, 5.74) is 1.56. The van der Waals surface area contributed by atoms with Crippen molar-refractivity contribution >= 4 is 0 Å². The summed E-state index contributed by atoms with van der Waals surface area (Å²) < 4.78 is 10.8. The van der Waals surface area contributed by atoms with E-state index in [1.54, 1.807) is 19.2 Å². The Morgan fingerprint density at radius 3 is 2.39 bits per heavy atom. The van der Waals surface area contributed by atoms with Gasteiger partial charge in [0.1, 0.15) is 17.2 Å². The van der Waals surface area contributed by atoms with Gasteiger partial charge in [0.2, 0.25) is 0 Å². The molecule has 0 saturated carbocycles. The summed E-state index contributed by atoms with van der Waals surface area (Å²) in [6.45, 7) is 1.89. The third-order valence-electron chi connectivity index (χ3n) is 2.60. The van der Waals surface area contributed by atoms with Crippen LogP contribution in [-0.4, -0.2) is 7.11 Å². The standard InChI is InChI=1S/C15H13NO2/c1-11-8-15(7-6-12(11)10-16)18-14-5-3-4-13(9-14)17-2/h3-9H,1-2H3. The highest BCUT2D eigenvalue weighted by Gasteiger charge is 2.02. The molecule has 2 aromatic rings. The van der Waals surface area contributed by atoms with E-state index in [0.717, 1.165) is 11.3 Å². The number of nitriles is 1. The van der Waals surface area contributed by atoms with E-state index in [-0.39, 0.29) is 0 Å². The summed E-state index contributed by atoms with van der Waals surface area (Å²) in [7, 11) is 1.62. The number of aryl methyl sites for hydroxylation is 1. The molecule has 2 rings (SSSR count). The first-order chi connectivity index (χ1) is 8.72. The SMILES string of the molecule is COc1cccc(Oc2ccc(C#N)c(C)c2)c1. The van der Waals surface area contributed by atoms with Gasteiger partial charge in [0.25, 0.3) is 0 Å². The Morgan fingerprint density at radius 1 is 1.00 bits per heavy atom. The van der Waals surface area contributed by atoms with Crippen LogP contribution in [0.2, 0.25) is 0 Å². The summed E-state index contributed by atoms with van der Waals surface area (Å²) in [6, 6.07) is 14.9. The molecule has 3 heteroatoms. The minimum atomic E-state index is 0.660. The van der Waals surface area contributed by atoms with Gasteiger partial charge in [-0.25, -0.2) is 0 Å². The van der Waals surface area contributed by atoms with Crippen molar-refractivity contribution in [2.24, 2.45) is 0 Å². The molecule has 0 fully saturated rings. The van der Waals surface area contributed by atoms with Crippen LogP contribution in [0.3, 0.4) is 0 Å². The second kappa shape index (κ2) is 5.24. The quantitative estimate of drug-likeness (QED) is 0.820. The van der Waals surface area contributed by atoms with Gasteiger partial charge in [-0.2, -0.15) is 5.26 Å². The molecule has 18 heavy (non-hydrogen) atoms. The first-order valence-corrected chi connectivity index (χ1v) is 5.55. The van der Waals surface area contributed by atoms with Crippen LogP contribution in [0.15, 0.2) is 42.5 Å². The molecule has 0 unspecified atom stereocenters. The molecule has 0 radical (unpaired) electrons. The van der Waals surface area contributed by atoms with Crippen molar-refractivity contribution in [1.82, 2.24) is 0 Å². The monoisotopic (exact) mass is 239 g/mol. The van der Waals surface area contributed by atoms with Gasteiger partial charge in [-0.15, -0.1) is 0 Å². The highest BCUT2D eigenvalue weighted by Crippen LogP contribution is 2.26. The maximum absolute atomic E-state index is 8.86. The predicted molar refractivity (Wildman–Crippen MR) is 69.0 cm³/mol. The van der Waals surface area contributed by atoms with Gasteiger partial charge >= 0.3 is 0 Å². The van der Waals surface area contributed by atoms with Gasteiger partial charge in [0, 0.05) is 6.07 Å². The van der Waals surface area contributed by atoms with Gasteiger partial charge in [-0.05, 0) is 42.8 Å². The van der Waals surface area contributed by atoms with Crippen LogP contribution in [-0.2, 0) is 0 Å². The molecule has 0 bridgehead atoms. The van der Waals surface area contributed by atoms with Crippen molar-refractivity contribution < 1.29 is 9.47 Å². The predicted octanol–water partition coefficient (Wildman–Crippen LogP) is 3.67.